The lowest BCUT2D eigenvalue weighted by atomic mass is 10.1. The average Bonchev–Trinajstić information content (AvgIpc) is 2.48. The summed E-state index contributed by atoms with van der Waals surface area (Å²) in [6.45, 7) is 3.89. The fourth-order valence-corrected chi connectivity index (χ4v) is 1.91. The van der Waals surface area contributed by atoms with Crippen LogP contribution in [0.25, 0.3) is 6.08 Å². The summed E-state index contributed by atoms with van der Waals surface area (Å²) in [6, 6.07) is 14.8. The molecule has 0 aromatic heterocycles. The molecule has 0 heterocycles. The van der Waals surface area contributed by atoms with Gasteiger partial charge in [-0.1, -0.05) is 24.3 Å². The molecule has 0 bridgehead atoms. The fourth-order valence-electron chi connectivity index (χ4n) is 1.91. The molecule has 4 nitrogen and oxygen atoms in total. The first-order valence-corrected chi connectivity index (χ1v) is 7.15. The van der Waals surface area contributed by atoms with Crippen molar-refractivity contribution in [1.82, 2.24) is 0 Å². The van der Waals surface area contributed by atoms with Crippen molar-refractivity contribution in [3.05, 3.63) is 60.2 Å². The number of nitrogens with two attached hydrogens (primary N) is 1. The molecule has 1 amide bonds. The minimum absolute atomic E-state index is 0.0698. The molecule has 0 saturated carbocycles. The molecular weight excluding hydrogens is 276 g/mol. The quantitative estimate of drug-likeness (QED) is 0.653. The molecule has 0 fully saturated rings. The molecule has 0 atom stereocenters. The standard InChI is InChI=1S/C18H20N2O2/c1-13(2)22-17-10-8-14(12-16(17)19)9-11-18(21)20-15-6-4-3-5-7-15/h3-13H,19H2,1-2H3,(H,20,21)/b11-9-. The lowest BCUT2D eigenvalue weighted by molar-refractivity contribution is -0.111. The molecule has 0 aliphatic rings. The van der Waals surface area contributed by atoms with Gasteiger partial charge in [0.25, 0.3) is 0 Å². The van der Waals surface area contributed by atoms with Crippen LogP contribution in [0.5, 0.6) is 5.75 Å². The van der Waals surface area contributed by atoms with Gasteiger partial charge in [0.2, 0.25) is 5.91 Å². The van der Waals surface area contributed by atoms with Crippen LogP contribution < -0.4 is 15.8 Å². The van der Waals surface area contributed by atoms with Crippen molar-refractivity contribution in [2.24, 2.45) is 0 Å². The molecule has 22 heavy (non-hydrogen) atoms. The van der Waals surface area contributed by atoms with Crippen molar-refractivity contribution >= 4 is 23.4 Å². The largest absolute Gasteiger partial charge is 0.489 e. The molecule has 0 unspecified atom stereocenters. The van der Waals surface area contributed by atoms with Gasteiger partial charge in [0, 0.05) is 11.8 Å². The summed E-state index contributed by atoms with van der Waals surface area (Å²) in [5.74, 6) is 0.466. The van der Waals surface area contributed by atoms with Crippen LogP contribution >= 0.6 is 0 Å². The maximum atomic E-state index is 11.8. The van der Waals surface area contributed by atoms with Gasteiger partial charge in [-0.2, -0.15) is 0 Å². The highest BCUT2D eigenvalue weighted by Crippen LogP contribution is 2.24. The second-order valence-corrected chi connectivity index (χ2v) is 5.15. The third kappa shape index (κ3) is 4.66. The van der Waals surface area contributed by atoms with Crippen LogP contribution in [0.3, 0.4) is 0 Å². The predicted octanol–water partition coefficient (Wildman–Crippen LogP) is 3.71. The molecule has 3 N–H and O–H groups in total. The zero-order chi connectivity index (χ0) is 15.9. The van der Waals surface area contributed by atoms with Gasteiger partial charge < -0.3 is 15.8 Å². The Kier molecular flexibility index (Phi) is 5.20. The Morgan fingerprint density at radius 3 is 2.55 bits per heavy atom. The van der Waals surface area contributed by atoms with Crippen molar-refractivity contribution in [2.75, 3.05) is 11.1 Å². The molecule has 0 aliphatic carbocycles. The van der Waals surface area contributed by atoms with Gasteiger partial charge in [-0.25, -0.2) is 0 Å². The molecule has 114 valence electrons. The van der Waals surface area contributed by atoms with Gasteiger partial charge in [0.15, 0.2) is 0 Å². The van der Waals surface area contributed by atoms with Gasteiger partial charge >= 0.3 is 0 Å². The van der Waals surface area contributed by atoms with Gasteiger partial charge in [-0.3, -0.25) is 4.79 Å². The third-order valence-corrected chi connectivity index (χ3v) is 2.86. The van der Waals surface area contributed by atoms with E-state index in [9.17, 15) is 4.79 Å². The smallest absolute Gasteiger partial charge is 0.248 e. The summed E-state index contributed by atoms with van der Waals surface area (Å²) < 4.78 is 5.58. The van der Waals surface area contributed by atoms with Crippen molar-refractivity contribution in [2.45, 2.75) is 20.0 Å². The van der Waals surface area contributed by atoms with E-state index in [2.05, 4.69) is 5.32 Å². The van der Waals surface area contributed by atoms with E-state index in [1.807, 2.05) is 56.3 Å². The Bertz CT molecular complexity index is 664. The van der Waals surface area contributed by atoms with Crippen LogP contribution in [0.4, 0.5) is 11.4 Å². The summed E-state index contributed by atoms with van der Waals surface area (Å²) in [7, 11) is 0. The molecule has 0 spiro atoms. The van der Waals surface area contributed by atoms with Gasteiger partial charge in [-0.15, -0.1) is 0 Å². The zero-order valence-corrected chi connectivity index (χ0v) is 12.7. The second-order valence-electron chi connectivity index (χ2n) is 5.15. The van der Waals surface area contributed by atoms with Gasteiger partial charge in [0.05, 0.1) is 11.8 Å². The first-order valence-electron chi connectivity index (χ1n) is 7.15. The molecule has 0 aliphatic heterocycles. The van der Waals surface area contributed by atoms with E-state index in [4.69, 9.17) is 10.5 Å². The van der Waals surface area contributed by atoms with Crippen molar-refractivity contribution in [3.8, 4) is 5.75 Å². The maximum Gasteiger partial charge on any atom is 0.248 e. The number of rotatable bonds is 5. The summed E-state index contributed by atoms with van der Waals surface area (Å²) >= 11 is 0. The van der Waals surface area contributed by atoms with Gasteiger partial charge in [-0.05, 0) is 49.8 Å². The fraction of sp³-hybridized carbons (Fsp3) is 0.167. The van der Waals surface area contributed by atoms with E-state index in [-0.39, 0.29) is 12.0 Å². The number of para-hydroxylation sites is 1. The highest BCUT2D eigenvalue weighted by molar-refractivity contribution is 6.01. The Balaban J connectivity index is 2.01. The van der Waals surface area contributed by atoms with Crippen molar-refractivity contribution in [3.63, 3.8) is 0 Å². The number of amides is 1. The first-order chi connectivity index (χ1) is 10.5. The first kappa shape index (κ1) is 15.6. The Hall–Kier alpha value is -2.75. The van der Waals surface area contributed by atoms with Crippen LogP contribution in [0.15, 0.2) is 54.6 Å². The lowest BCUT2D eigenvalue weighted by Crippen LogP contribution is -2.08. The van der Waals surface area contributed by atoms with Crippen LogP contribution in [0.1, 0.15) is 19.4 Å². The maximum absolute atomic E-state index is 11.8. The van der Waals surface area contributed by atoms with E-state index in [0.717, 1.165) is 11.3 Å². The molecule has 0 radical (unpaired) electrons. The number of hydrogen-bond donors (Lipinski definition) is 2. The summed E-state index contributed by atoms with van der Waals surface area (Å²) in [4.78, 5) is 11.8. The average molecular weight is 296 g/mol. The number of carbonyl (C=O) groups is 1. The molecule has 2 rings (SSSR count). The van der Waals surface area contributed by atoms with E-state index in [1.54, 1.807) is 12.1 Å². The van der Waals surface area contributed by atoms with Crippen LogP contribution in [-0.2, 0) is 4.79 Å². The number of ether oxygens (including phenoxy) is 1. The molecular formula is C18H20N2O2. The number of hydrogen-bond acceptors (Lipinski definition) is 3. The molecule has 2 aromatic rings. The highest BCUT2D eigenvalue weighted by atomic mass is 16.5. The number of carbonyl (C=O) groups excluding carboxylic acids is 1. The molecule has 0 saturated heterocycles. The number of anilines is 2. The summed E-state index contributed by atoms with van der Waals surface area (Å²) in [5.41, 5.74) is 8.10. The van der Waals surface area contributed by atoms with E-state index < -0.39 is 0 Å². The van der Waals surface area contributed by atoms with E-state index >= 15 is 0 Å². The Labute approximate surface area is 130 Å². The minimum Gasteiger partial charge on any atom is -0.489 e. The minimum atomic E-state index is -0.188. The SMILES string of the molecule is CC(C)Oc1ccc(/C=C\C(=O)Nc2ccccc2)cc1N. The Morgan fingerprint density at radius 2 is 1.91 bits per heavy atom. The van der Waals surface area contributed by atoms with Gasteiger partial charge in [0.1, 0.15) is 5.75 Å². The van der Waals surface area contributed by atoms with Crippen LogP contribution in [-0.4, -0.2) is 12.0 Å². The number of nitrogen functional groups attached to an aromatic ring is 1. The summed E-state index contributed by atoms with van der Waals surface area (Å²) in [6.07, 6.45) is 3.26. The topological polar surface area (TPSA) is 64.3 Å². The van der Waals surface area contributed by atoms with Crippen LogP contribution in [0.2, 0.25) is 0 Å². The Morgan fingerprint density at radius 1 is 1.18 bits per heavy atom. The monoisotopic (exact) mass is 296 g/mol. The zero-order valence-electron chi connectivity index (χ0n) is 12.7. The van der Waals surface area contributed by atoms with Crippen molar-refractivity contribution in [1.29, 1.82) is 0 Å². The predicted molar refractivity (Wildman–Crippen MR) is 90.7 cm³/mol. The number of benzene rings is 2. The normalized spacial score (nSPS) is 10.9. The lowest BCUT2D eigenvalue weighted by Gasteiger charge is -2.12. The van der Waals surface area contributed by atoms with E-state index in [1.165, 1.54) is 6.08 Å². The molecule has 4 heteroatoms. The number of nitrogens with one attached hydrogen (secondary N) is 1. The summed E-state index contributed by atoms with van der Waals surface area (Å²) in [5, 5.41) is 2.78. The van der Waals surface area contributed by atoms with E-state index in [0.29, 0.717) is 11.4 Å². The highest BCUT2D eigenvalue weighted by Gasteiger charge is 2.03. The molecule has 2 aromatic carbocycles. The second kappa shape index (κ2) is 7.31. The van der Waals surface area contributed by atoms with Crippen molar-refractivity contribution < 1.29 is 9.53 Å². The van der Waals surface area contributed by atoms with Crippen LogP contribution in [0, 0.1) is 0 Å². The third-order valence-electron chi connectivity index (χ3n) is 2.86.